The van der Waals surface area contributed by atoms with Gasteiger partial charge in [0.05, 0.1) is 6.61 Å². The van der Waals surface area contributed by atoms with Crippen LogP contribution < -0.4 is 9.47 Å². The highest BCUT2D eigenvalue weighted by Crippen LogP contribution is 2.28. The lowest BCUT2D eigenvalue weighted by atomic mass is 10.1. The molecule has 3 aromatic rings. The summed E-state index contributed by atoms with van der Waals surface area (Å²) in [5.41, 5.74) is 3.43. The molecular formula is C23H21BrO3. The van der Waals surface area contributed by atoms with Crippen molar-refractivity contribution in [3.63, 3.8) is 0 Å². The summed E-state index contributed by atoms with van der Waals surface area (Å²) in [6.07, 6.45) is 0.766. The Morgan fingerprint density at radius 2 is 1.63 bits per heavy atom. The molecule has 0 aliphatic heterocycles. The summed E-state index contributed by atoms with van der Waals surface area (Å²) < 4.78 is 12.4. The molecule has 138 valence electrons. The first-order chi connectivity index (χ1) is 13.0. The molecule has 3 nitrogen and oxygen atoms in total. The van der Waals surface area contributed by atoms with E-state index in [0.29, 0.717) is 23.7 Å². The van der Waals surface area contributed by atoms with Crippen LogP contribution in [0.3, 0.4) is 0 Å². The first-order valence-corrected chi connectivity index (χ1v) is 9.58. The fourth-order valence-electron chi connectivity index (χ4n) is 2.82. The quantitative estimate of drug-likeness (QED) is 0.364. The lowest BCUT2D eigenvalue weighted by Gasteiger charge is -2.14. The number of carbonyl (C=O) groups excluding carboxylic acids is 1. The van der Waals surface area contributed by atoms with Crippen molar-refractivity contribution >= 4 is 21.9 Å². The Morgan fingerprint density at radius 1 is 0.926 bits per heavy atom. The minimum Gasteiger partial charge on any atom is -0.492 e. The Balaban J connectivity index is 1.76. The van der Waals surface area contributed by atoms with E-state index >= 15 is 0 Å². The van der Waals surface area contributed by atoms with Crippen LogP contribution in [-0.4, -0.2) is 12.6 Å². The standard InChI is InChI=1S/C23H21BrO3/c1-16-7-6-8-17(2)22(16)27-23(25)20-15-19(24)11-12-21(20)26-14-13-18-9-4-3-5-10-18/h3-12,15H,13-14H2,1-2H3. The Hall–Kier alpha value is -2.59. The molecule has 3 aromatic carbocycles. The SMILES string of the molecule is Cc1cccc(C)c1OC(=O)c1cc(Br)ccc1OCCc1ccccc1. The molecule has 0 atom stereocenters. The van der Waals surface area contributed by atoms with Crippen LogP contribution in [0.2, 0.25) is 0 Å². The van der Waals surface area contributed by atoms with E-state index in [-0.39, 0.29) is 0 Å². The van der Waals surface area contributed by atoms with Gasteiger partial charge in [-0.25, -0.2) is 4.79 Å². The van der Waals surface area contributed by atoms with Gasteiger partial charge in [-0.2, -0.15) is 0 Å². The van der Waals surface area contributed by atoms with Gasteiger partial charge >= 0.3 is 5.97 Å². The number of halogens is 1. The number of hydrogen-bond acceptors (Lipinski definition) is 3. The third-order valence-corrected chi connectivity index (χ3v) is 4.75. The van der Waals surface area contributed by atoms with Crippen molar-refractivity contribution in [2.45, 2.75) is 20.3 Å². The van der Waals surface area contributed by atoms with Crippen LogP contribution in [0.4, 0.5) is 0 Å². The third kappa shape index (κ3) is 4.98. The maximum absolute atomic E-state index is 12.8. The molecule has 0 heterocycles. The number of hydrogen-bond donors (Lipinski definition) is 0. The average Bonchev–Trinajstić information content (AvgIpc) is 2.66. The van der Waals surface area contributed by atoms with Crippen LogP contribution >= 0.6 is 15.9 Å². The molecule has 27 heavy (non-hydrogen) atoms. The highest BCUT2D eigenvalue weighted by Gasteiger charge is 2.18. The Labute approximate surface area is 168 Å². The molecule has 0 aliphatic rings. The molecule has 0 amide bonds. The first kappa shape index (κ1) is 19.2. The summed E-state index contributed by atoms with van der Waals surface area (Å²) in [5, 5.41) is 0. The fraction of sp³-hybridized carbons (Fsp3) is 0.174. The van der Waals surface area contributed by atoms with Gasteiger partial charge in [0.2, 0.25) is 0 Å². The third-order valence-electron chi connectivity index (χ3n) is 4.26. The number of aryl methyl sites for hydroxylation is 2. The number of carbonyl (C=O) groups is 1. The summed E-state index contributed by atoms with van der Waals surface area (Å²) in [7, 11) is 0. The van der Waals surface area contributed by atoms with Gasteiger partial charge < -0.3 is 9.47 Å². The molecule has 0 unspecified atom stereocenters. The minimum absolute atomic E-state index is 0.403. The van der Waals surface area contributed by atoms with Crippen LogP contribution in [-0.2, 0) is 6.42 Å². The molecule has 0 fully saturated rings. The lowest BCUT2D eigenvalue weighted by molar-refractivity contribution is 0.0727. The first-order valence-electron chi connectivity index (χ1n) is 8.79. The van der Waals surface area contributed by atoms with Gasteiger partial charge in [-0.15, -0.1) is 0 Å². The van der Waals surface area contributed by atoms with Gasteiger partial charge in [0.25, 0.3) is 0 Å². The Kier molecular flexibility index (Phi) is 6.30. The summed E-state index contributed by atoms with van der Waals surface area (Å²) in [6, 6.07) is 21.3. The highest BCUT2D eigenvalue weighted by molar-refractivity contribution is 9.10. The molecule has 0 spiro atoms. The lowest BCUT2D eigenvalue weighted by Crippen LogP contribution is -2.13. The second-order valence-corrected chi connectivity index (χ2v) is 7.25. The smallest absolute Gasteiger partial charge is 0.347 e. The van der Waals surface area contributed by atoms with E-state index < -0.39 is 5.97 Å². The van der Waals surface area contributed by atoms with E-state index in [4.69, 9.17) is 9.47 Å². The van der Waals surface area contributed by atoms with Gasteiger partial charge in [-0.3, -0.25) is 0 Å². The zero-order valence-corrected chi connectivity index (χ0v) is 17.0. The Bertz CT molecular complexity index is 915. The highest BCUT2D eigenvalue weighted by atomic mass is 79.9. The molecule has 0 aromatic heterocycles. The summed E-state index contributed by atoms with van der Waals surface area (Å²) >= 11 is 3.42. The molecule has 0 N–H and O–H groups in total. The zero-order valence-electron chi connectivity index (χ0n) is 15.4. The fourth-order valence-corrected chi connectivity index (χ4v) is 3.18. The molecule has 0 saturated carbocycles. The number of ether oxygens (including phenoxy) is 2. The van der Waals surface area contributed by atoms with Crippen LogP contribution in [0.15, 0.2) is 71.2 Å². The van der Waals surface area contributed by atoms with E-state index in [1.165, 1.54) is 5.56 Å². The zero-order chi connectivity index (χ0) is 19.2. The van der Waals surface area contributed by atoms with Crippen molar-refractivity contribution in [2.75, 3.05) is 6.61 Å². The van der Waals surface area contributed by atoms with Crippen molar-refractivity contribution in [3.05, 3.63) is 93.5 Å². The number of esters is 1. The monoisotopic (exact) mass is 424 g/mol. The van der Waals surface area contributed by atoms with Crippen LogP contribution in [0, 0.1) is 13.8 Å². The Morgan fingerprint density at radius 3 is 2.33 bits per heavy atom. The topological polar surface area (TPSA) is 35.5 Å². The second-order valence-electron chi connectivity index (χ2n) is 6.33. The van der Waals surface area contributed by atoms with E-state index in [2.05, 4.69) is 28.1 Å². The molecule has 4 heteroatoms. The molecule has 0 saturated heterocycles. The van der Waals surface area contributed by atoms with Gasteiger partial charge in [-0.1, -0.05) is 64.5 Å². The molecule has 0 bridgehead atoms. The van der Waals surface area contributed by atoms with E-state index in [1.54, 1.807) is 12.1 Å². The van der Waals surface area contributed by atoms with E-state index in [0.717, 1.165) is 22.0 Å². The summed E-state index contributed by atoms with van der Waals surface area (Å²) in [6.45, 7) is 4.33. The van der Waals surface area contributed by atoms with Crippen molar-refractivity contribution in [3.8, 4) is 11.5 Å². The van der Waals surface area contributed by atoms with Crippen LogP contribution in [0.5, 0.6) is 11.5 Å². The number of benzene rings is 3. The van der Waals surface area contributed by atoms with Crippen molar-refractivity contribution in [1.82, 2.24) is 0 Å². The minimum atomic E-state index is -0.427. The van der Waals surface area contributed by atoms with Gasteiger partial charge in [-0.05, 0) is 48.7 Å². The van der Waals surface area contributed by atoms with Gasteiger partial charge in [0, 0.05) is 10.9 Å². The molecule has 3 rings (SSSR count). The molecule has 0 aliphatic carbocycles. The number of para-hydroxylation sites is 1. The van der Waals surface area contributed by atoms with E-state index in [9.17, 15) is 4.79 Å². The second kappa shape index (κ2) is 8.87. The molecular weight excluding hydrogens is 404 g/mol. The van der Waals surface area contributed by atoms with Crippen molar-refractivity contribution in [1.29, 1.82) is 0 Å². The van der Waals surface area contributed by atoms with Crippen LogP contribution in [0.1, 0.15) is 27.0 Å². The predicted molar refractivity (Wildman–Crippen MR) is 111 cm³/mol. The maximum Gasteiger partial charge on any atom is 0.347 e. The summed E-state index contributed by atoms with van der Waals surface area (Å²) in [4.78, 5) is 12.8. The van der Waals surface area contributed by atoms with Crippen LogP contribution in [0.25, 0.3) is 0 Å². The number of rotatable bonds is 6. The van der Waals surface area contributed by atoms with Gasteiger partial charge in [0.1, 0.15) is 17.1 Å². The average molecular weight is 425 g/mol. The normalized spacial score (nSPS) is 10.5. The van der Waals surface area contributed by atoms with Crippen molar-refractivity contribution < 1.29 is 14.3 Å². The molecule has 0 radical (unpaired) electrons. The summed E-state index contributed by atoms with van der Waals surface area (Å²) in [5.74, 6) is 0.687. The van der Waals surface area contributed by atoms with Gasteiger partial charge in [0.15, 0.2) is 0 Å². The predicted octanol–water partition coefficient (Wildman–Crippen LogP) is 5.91. The van der Waals surface area contributed by atoms with Crippen molar-refractivity contribution in [2.24, 2.45) is 0 Å². The maximum atomic E-state index is 12.8. The van der Waals surface area contributed by atoms with E-state index in [1.807, 2.05) is 56.3 Å². The largest absolute Gasteiger partial charge is 0.492 e.